The highest BCUT2D eigenvalue weighted by molar-refractivity contribution is 6.33. The lowest BCUT2D eigenvalue weighted by atomic mass is 10.0. The number of aromatic nitrogens is 2. The average molecular weight is 299 g/mol. The maximum absolute atomic E-state index is 12.0. The zero-order valence-electron chi connectivity index (χ0n) is 12.3. The highest BCUT2D eigenvalue weighted by Crippen LogP contribution is 2.20. The van der Waals surface area contributed by atoms with Gasteiger partial charge in [-0.15, -0.1) is 6.58 Å². The number of nitrogens with zero attached hydrogens (tertiary/aromatic N) is 3. The second kappa shape index (κ2) is 7.45. The molecule has 0 saturated heterocycles. The Morgan fingerprint density at radius 1 is 1.60 bits per heavy atom. The van der Waals surface area contributed by atoms with Crippen LogP contribution in [0, 0.1) is 5.92 Å². The molecule has 0 amide bonds. The van der Waals surface area contributed by atoms with Crippen LogP contribution in [0.5, 0.6) is 0 Å². The number of allylic oxidation sites excluding steroid dienone is 1. The molecule has 0 fully saturated rings. The van der Waals surface area contributed by atoms with Gasteiger partial charge in [-0.25, -0.2) is 4.68 Å². The van der Waals surface area contributed by atoms with Gasteiger partial charge < -0.3 is 10.6 Å². The Morgan fingerprint density at radius 3 is 2.80 bits per heavy atom. The van der Waals surface area contributed by atoms with Gasteiger partial charge in [-0.05, 0) is 12.3 Å². The van der Waals surface area contributed by atoms with Gasteiger partial charge in [-0.3, -0.25) is 4.79 Å². The number of anilines is 1. The van der Waals surface area contributed by atoms with E-state index in [1.54, 1.807) is 12.3 Å². The molecule has 1 unspecified atom stereocenters. The molecule has 0 aliphatic carbocycles. The second-order valence-corrected chi connectivity index (χ2v) is 5.62. The van der Waals surface area contributed by atoms with Crippen LogP contribution in [0.3, 0.4) is 0 Å². The summed E-state index contributed by atoms with van der Waals surface area (Å²) >= 11 is 6.13. The maximum Gasteiger partial charge on any atom is 0.287 e. The lowest BCUT2D eigenvalue weighted by Crippen LogP contribution is -2.33. The molecule has 20 heavy (non-hydrogen) atoms. The molecule has 0 aliphatic heterocycles. The predicted molar refractivity (Wildman–Crippen MR) is 84.4 cm³/mol. The summed E-state index contributed by atoms with van der Waals surface area (Å²) in [4.78, 5) is 13.9. The van der Waals surface area contributed by atoms with E-state index in [4.69, 9.17) is 17.3 Å². The van der Waals surface area contributed by atoms with Crippen molar-refractivity contribution in [2.75, 3.05) is 18.5 Å². The normalized spacial score (nSPS) is 12.5. The monoisotopic (exact) mass is 298 g/mol. The van der Waals surface area contributed by atoms with E-state index in [9.17, 15) is 4.79 Å². The van der Waals surface area contributed by atoms with Gasteiger partial charge in [0.1, 0.15) is 5.02 Å². The molecule has 0 spiro atoms. The summed E-state index contributed by atoms with van der Waals surface area (Å²) in [7, 11) is 1.88. The van der Waals surface area contributed by atoms with E-state index in [0.29, 0.717) is 18.2 Å². The molecular formula is C14H23ClN4O. The maximum atomic E-state index is 12.0. The van der Waals surface area contributed by atoms with Crippen LogP contribution in [-0.2, 0) is 6.54 Å². The van der Waals surface area contributed by atoms with E-state index in [1.807, 2.05) is 11.9 Å². The first-order valence-corrected chi connectivity index (χ1v) is 7.09. The van der Waals surface area contributed by atoms with Crippen molar-refractivity contribution in [3.63, 3.8) is 0 Å². The Labute approximate surface area is 125 Å². The Morgan fingerprint density at radius 2 is 2.25 bits per heavy atom. The first-order chi connectivity index (χ1) is 9.38. The van der Waals surface area contributed by atoms with Crippen LogP contribution in [0.15, 0.2) is 23.6 Å². The molecular weight excluding hydrogens is 276 g/mol. The van der Waals surface area contributed by atoms with Gasteiger partial charge in [0.05, 0.1) is 18.4 Å². The topological polar surface area (TPSA) is 64.2 Å². The molecule has 0 saturated carbocycles. The minimum atomic E-state index is -0.302. The third-order valence-electron chi connectivity index (χ3n) is 3.33. The van der Waals surface area contributed by atoms with Gasteiger partial charge in [-0.1, -0.05) is 31.5 Å². The van der Waals surface area contributed by atoms with Crippen molar-refractivity contribution in [1.29, 1.82) is 0 Å². The van der Waals surface area contributed by atoms with E-state index >= 15 is 0 Å². The van der Waals surface area contributed by atoms with Crippen LogP contribution in [-0.4, -0.2) is 29.4 Å². The van der Waals surface area contributed by atoms with E-state index in [2.05, 4.69) is 25.5 Å². The Hall–Kier alpha value is -1.33. The molecule has 1 rings (SSSR count). The number of hydrogen-bond donors (Lipinski definition) is 1. The lowest BCUT2D eigenvalue weighted by Gasteiger charge is -2.23. The fraction of sp³-hybridized carbons (Fsp3) is 0.571. The number of nitrogens with two attached hydrogens (primary N) is 1. The number of hydrogen-bond acceptors (Lipinski definition) is 4. The van der Waals surface area contributed by atoms with Crippen LogP contribution in [0.4, 0.5) is 5.69 Å². The van der Waals surface area contributed by atoms with Crippen LogP contribution < -0.4 is 16.2 Å². The fourth-order valence-electron chi connectivity index (χ4n) is 1.77. The van der Waals surface area contributed by atoms with E-state index < -0.39 is 0 Å². The van der Waals surface area contributed by atoms with Crippen LogP contribution >= 0.6 is 11.6 Å². The Bertz CT molecular complexity index is 512. The Balaban J connectivity index is 2.84. The molecule has 5 nitrogen and oxygen atoms in total. The van der Waals surface area contributed by atoms with Crippen molar-refractivity contribution in [3.05, 3.63) is 34.2 Å². The number of rotatable bonds is 7. The van der Waals surface area contributed by atoms with Crippen molar-refractivity contribution in [2.24, 2.45) is 11.7 Å². The zero-order valence-corrected chi connectivity index (χ0v) is 13.1. The molecule has 0 aliphatic rings. The van der Waals surface area contributed by atoms with E-state index in [1.165, 1.54) is 4.68 Å². The summed E-state index contributed by atoms with van der Waals surface area (Å²) in [6, 6.07) is 0.130. The largest absolute Gasteiger partial charge is 0.372 e. The smallest absolute Gasteiger partial charge is 0.287 e. The van der Waals surface area contributed by atoms with E-state index in [-0.39, 0.29) is 16.6 Å². The van der Waals surface area contributed by atoms with E-state index in [0.717, 1.165) is 13.0 Å². The van der Waals surface area contributed by atoms with Crippen molar-refractivity contribution >= 4 is 17.3 Å². The number of halogens is 1. The SMILES string of the molecule is C=CCn1ncc(N(C)CCC(N)C(C)C)c(Cl)c1=O. The third kappa shape index (κ3) is 4.08. The molecule has 1 aromatic rings. The van der Waals surface area contributed by atoms with Crippen LogP contribution in [0.1, 0.15) is 20.3 Å². The van der Waals surface area contributed by atoms with Gasteiger partial charge in [0, 0.05) is 19.6 Å². The first-order valence-electron chi connectivity index (χ1n) is 6.71. The average Bonchev–Trinajstić information content (AvgIpc) is 2.41. The first kappa shape index (κ1) is 16.7. The van der Waals surface area contributed by atoms with Gasteiger partial charge in [0.25, 0.3) is 5.56 Å². The third-order valence-corrected chi connectivity index (χ3v) is 3.69. The predicted octanol–water partition coefficient (Wildman–Crippen LogP) is 1.89. The van der Waals surface area contributed by atoms with Gasteiger partial charge in [-0.2, -0.15) is 5.10 Å². The quantitative estimate of drug-likeness (QED) is 0.781. The minimum absolute atomic E-state index is 0.130. The zero-order chi connectivity index (χ0) is 15.3. The van der Waals surface area contributed by atoms with Crippen molar-refractivity contribution in [2.45, 2.75) is 32.9 Å². The molecule has 1 heterocycles. The van der Waals surface area contributed by atoms with Gasteiger partial charge in [0.2, 0.25) is 0 Å². The molecule has 2 N–H and O–H groups in total. The van der Waals surface area contributed by atoms with Gasteiger partial charge in [0.15, 0.2) is 0 Å². The van der Waals surface area contributed by atoms with Crippen molar-refractivity contribution in [3.8, 4) is 0 Å². The molecule has 6 heteroatoms. The summed E-state index contributed by atoms with van der Waals surface area (Å²) in [6.07, 6.45) is 4.05. The summed E-state index contributed by atoms with van der Waals surface area (Å²) in [5.41, 5.74) is 6.35. The minimum Gasteiger partial charge on any atom is -0.372 e. The standard InChI is InChI=1S/C14H23ClN4O/c1-5-7-19-14(20)13(15)12(9-17-19)18(4)8-6-11(16)10(2)3/h5,9-11H,1,6-8,16H2,2-4H3. The summed E-state index contributed by atoms with van der Waals surface area (Å²) < 4.78 is 1.28. The highest BCUT2D eigenvalue weighted by Gasteiger charge is 2.14. The molecule has 0 aromatic carbocycles. The molecule has 1 aromatic heterocycles. The summed E-state index contributed by atoms with van der Waals surface area (Å²) in [6.45, 7) is 8.84. The van der Waals surface area contributed by atoms with Crippen LogP contribution in [0.2, 0.25) is 5.02 Å². The molecule has 112 valence electrons. The molecule has 0 radical (unpaired) electrons. The lowest BCUT2D eigenvalue weighted by molar-refractivity contribution is 0.466. The fourth-order valence-corrected chi connectivity index (χ4v) is 2.06. The summed E-state index contributed by atoms with van der Waals surface area (Å²) in [5, 5.41) is 4.27. The molecule has 0 bridgehead atoms. The molecule has 1 atom stereocenters. The second-order valence-electron chi connectivity index (χ2n) is 5.24. The van der Waals surface area contributed by atoms with Crippen molar-refractivity contribution in [1.82, 2.24) is 9.78 Å². The Kier molecular flexibility index (Phi) is 6.23. The van der Waals surface area contributed by atoms with Crippen LogP contribution in [0.25, 0.3) is 0 Å². The van der Waals surface area contributed by atoms with Gasteiger partial charge >= 0.3 is 0 Å². The van der Waals surface area contributed by atoms with Crippen molar-refractivity contribution < 1.29 is 0 Å². The summed E-state index contributed by atoms with van der Waals surface area (Å²) in [5.74, 6) is 0.428. The highest BCUT2D eigenvalue weighted by atomic mass is 35.5.